The third-order valence-corrected chi connectivity index (χ3v) is 4.01. The highest BCUT2D eigenvalue weighted by molar-refractivity contribution is 7.89. The second kappa shape index (κ2) is 5.77. The summed E-state index contributed by atoms with van der Waals surface area (Å²) >= 11 is 0. The van der Waals surface area contributed by atoms with Crippen LogP contribution in [0.2, 0.25) is 0 Å². The molecule has 1 heterocycles. The number of rotatable bonds is 4. The van der Waals surface area contributed by atoms with Crippen molar-refractivity contribution in [1.82, 2.24) is 4.98 Å². The normalized spacial score (nSPS) is 11.5. The van der Waals surface area contributed by atoms with Crippen molar-refractivity contribution in [2.45, 2.75) is 5.75 Å². The fourth-order valence-corrected chi connectivity index (χ4v) is 2.85. The lowest BCUT2D eigenvalue weighted by atomic mass is 10.0. The van der Waals surface area contributed by atoms with Gasteiger partial charge < -0.3 is 4.42 Å². The lowest BCUT2D eigenvalue weighted by Gasteiger charge is -2.02. The quantitative estimate of drug-likeness (QED) is 0.739. The zero-order valence-corrected chi connectivity index (χ0v) is 12.9. The molecule has 0 amide bonds. The molecule has 0 aliphatic carbocycles. The van der Waals surface area contributed by atoms with Crippen LogP contribution in [-0.4, -0.2) is 19.7 Å². The van der Waals surface area contributed by atoms with E-state index in [-0.39, 0.29) is 5.75 Å². The molecular weight excluding hydrogens is 298 g/mol. The Bertz CT molecular complexity index is 866. The van der Waals surface area contributed by atoms with E-state index in [4.69, 9.17) is 4.42 Å². The fraction of sp³-hybridized carbons (Fsp3) is 0.118. The molecule has 4 nitrogen and oxygen atoms in total. The van der Waals surface area contributed by atoms with Crippen molar-refractivity contribution < 1.29 is 12.8 Å². The van der Waals surface area contributed by atoms with Crippen molar-refractivity contribution in [3.63, 3.8) is 0 Å². The zero-order chi connectivity index (χ0) is 15.6. The van der Waals surface area contributed by atoms with Crippen molar-refractivity contribution in [3.05, 3.63) is 66.6 Å². The van der Waals surface area contributed by atoms with Crippen molar-refractivity contribution >= 4 is 9.84 Å². The topological polar surface area (TPSA) is 60.2 Å². The highest BCUT2D eigenvalue weighted by atomic mass is 32.2. The second-order valence-corrected chi connectivity index (χ2v) is 7.29. The van der Waals surface area contributed by atoms with Crippen LogP contribution in [0.4, 0.5) is 0 Å². The van der Waals surface area contributed by atoms with E-state index >= 15 is 0 Å². The van der Waals surface area contributed by atoms with Crippen LogP contribution in [0, 0.1) is 0 Å². The van der Waals surface area contributed by atoms with Crippen molar-refractivity contribution in [3.8, 4) is 22.6 Å². The molecule has 3 aromatic rings. The Hall–Kier alpha value is -2.40. The van der Waals surface area contributed by atoms with Gasteiger partial charge in [-0.1, -0.05) is 42.5 Å². The first-order valence-electron chi connectivity index (χ1n) is 6.79. The molecule has 2 aromatic carbocycles. The van der Waals surface area contributed by atoms with Gasteiger partial charge in [0.2, 0.25) is 5.89 Å². The summed E-state index contributed by atoms with van der Waals surface area (Å²) in [6.07, 6.45) is 2.63. The van der Waals surface area contributed by atoms with Gasteiger partial charge in [-0.3, -0.25) is 0 Å². The van der Waals surface area contributed by atoms with Crippen LogP contribution < -0.4 is 0 Å². The van der Waals surface area contributed by atoms with Gasteiger partial charge in [0.25, 0.3) is 0 Å². The maximum Gasteiger partial charge on any atom is 0.226 e. The third-order valence-electron chi connectivity index (χ3n) is 3.20. The summed E-state index contributed by atoms with van der Waals surface area (Å²) in [6.45, 7) is 0. The molecule has 0 spiro atoms. The van der Waals surface area contributed by atoms with Crippen molar-refractivity contribution in [1.29, 1.82) is 0 Å². The minimum Gasteiger partial charge on any atom is -0.440 e. The molecule has 0 bridgehead atoms. The molecule has 0 saturated carbocycles. The van der Waals surface area contributed by atoms with Gasteiger partial charge in [0.1, 0.15) is 11.5 Å². The monoisotopic (exact) mass is 313 g/mol. The summed E-state index contributed by atoms with van der Waals surface area (Å²) in [5.74, 6) is 0.644. The molecule has 0 aliphatic rings. The number of hydrogen-bond acceptors (Lipinski definition) is 4. The number of aromatic nitrogens is 1. The first-order valence-corrected chi connectivity index (χ1v) is 8.86. The van der Waals surface area contributed by atoms with Gasteiger partial charge in [-0.05, 0) is 23.3 Å². The molecular formula is C17H15NO3S. The summed E-state index contributed by atoms with van der Waals surface area (Å²) in [4.78, 5) is 4.14. The van der Waals surface area contributed by atoms with E-state index in [1.807, 2.05) is 54.6 Å². The summed E-state index contributed by atoms with van der Waals surface area (Å²) < 4.78 is 28.0. The van der Waals surface area contributed by atoms with Crippen LogP contribution in [0.5, 0.6) is 0 Å². The summed E-state index contributed by atoms with van der Waals surface area (Å²) in [5, 5.41) is 0. The minimum atomic E-state index is -3.12. The predicted octanol–water partition coefficient (Wildman–Crippen LogP) is 3.55. The summed E-state index contributed by atoms with van der Waals surface area (Å²) in [5.41, 5.74) is 3.06. The third kappa shape index (κ3) is 3.43. The van der Waals surface area contributed by atoms with Gasteiger partial charge in [-0.15, -0.1) is 0 Å². The predicted molar refractivity (Wildman–Crippen MR) is 85.9 cm³/mol. The molecule has 0 radical (unpaired) electrons. The maximum absolute atomic E-state index is 11.3. The van der Waals surface area contributed by atoms with Crippen LogP contribution in [0.1, 0.15) is 5.76 Å². The van der Waals surface area contributed by atoms with Crippen LogP contribution in [0.15, 0.2) is 65.2 Å². The van der Waals surface area contributed by atoms with E-state index in [0.717, 1.165) is 16.7 Å². The van der Waals surface area contributed by atoms with Gasteiger partial charge >= 0.3 is 0 Å². The van der Waals surface area contributed by atoms with E-state index in [2.05, 4.69) is 4.98 Å². The van der Waals surface area contributed by atoms with E-state index in [1.54, 1.807) is 0 Å². The van der Waals surface area contributed by atoms with E-state index < -0.39 is 9.84 Å². The van der Waals surface area contributed by atoms with Crippen molar-refractivity contribution in [2.24, 2.45) is 0 Å². The second-order valence-electron chi connectivity index (χ2n) is 5.15. The molecule has 0 aliphatic heterocycles. The van der Waals surface area contributed by atoms with E-state index in [0.29, 0.717) is 11.7 Å². The highest BCUT2D eigenvalue weighted by Crippen LogP contribution is 2.24. The Morgan fingerprint density at radius 1 is 0.909 bits per heavy atom. The van der Waals surface area contributed by atoms with Crippen LogP contribution in [0.25, 0.3) is 22.6 Å². The SMILES string of the molecule is CS(=O)(=O)Cc1cnc(-c2ccc(-c3ccccc3)cc2)o1. The molecule has 3 rings (SSSR count). The molecule has 0 saturated heterocycles. The molecule has 22 heavy (non-hydrogen) atoms. The van der Waals surface area contributed by atoms with Gasteiger partial charge in [-0.2, -0.15) is 0 Å². The maximum atomic E-state index is 11.3. The highest BCUT2D eigenvalue weighted by Gasteiger charge is 2.11. The van der Waals surface area contributed by atoms with Crippen LogP contribution >= 0.6 is 0 Å². The van der Waals surface area contributed by atoms with E-state index in [1.165, 1.54) is 12.5 Å². The summed E-state index contributed by atoms with van der Waals surface area (Å²) in [7, 11) is -3.12. The largest absolute Gasteiger partial charge is 0.440 e. The molecule has 0 N–H and O–H groups in total. The number of nitrogens with zero attached hydrogens (tertiary/aromatic N) is 1. The molecule has 1 aromatic heterocycles. The first-order chi connectivity index (χ1) is 10.5. The number of benzene rings is 2. The van der Waals surface area contributed by atoms with Gasteiger partial charge in [0.15, 0.2) is 9.84 Å². The smallest absolute Gasteiger partial charge is 0.226 e. The Kier molecular flexibility index (Phi) is 3.81. The summed E-state index contributed by atoms with van der Waals surface area (Å²) in [6, 6.07) is 17.9. The molecule has 5 heteroatoms. The Morgan fingerprint density at radius 2 is 1.50 bits per heavy atom. The average molecular weight is 313 g/mol. The molecule has 112 valence electrons. The molecule has 0 fully saturated rings. The number of sulfone groups is 1. The zero-order valence-electron chi connectivity index (χ0n) is 12.1. The average Bonchev–Trinajstić information content (AvgIpc) is 2.95. The number of oxazole rings is 1. The lowest BCUT2D eigenvalue weighted by Crippen LogP contribution is -1.98. The minimum absolute atomic E-state index is 0.137. The standard InChI is InChI=1S/C17H15NO3S/c1-22(19,20)12-16-11-18-17(21-16)15-9-7-14(8-10-15)13-5-3-2-4-6-13/h2-11H,12H2,1H3. The Labute approximate surface area is 129 Å². The Morgan fingerprint density at radius 3 is 2.14 bits per heavy atom. The van der Waals surface area contributed by atoms with Gasteiger partial charge in [0, 0.05) is 11.8 Å². The molecule has 0 unspecified atom stereocenters. The number of hydrogen-bond donors (Lipinski definition) is 0. The first kappa shape index (κ1) is 14.5. The molecule has 0 atom stereocenters. The Balaban J connectivity index is 1.84. The van der Waals surface area contributed by atoms with E-state index in [9.17, 15) is 8.42 Å². The van der Waals surface area contributed by atoms with Crippen LogP contribution in [-0.2, 0) is 15.6 Å². The lowest BCUT2D eigenvalue weighted by molar-refractivity contribution is 0.529. The van der Waals surface area contributed by atoms with Crippen molar-refractivity contribution in [2.75, 3.05) is 6.26 Å². The van der Waals surface area contributed by atoms with Gasteiger partial charge in [-0.25, -0.2) is 13.4 Å². The van der Waals surface area contributed by atoms with Gasteiger partial charge in [0.05, 0.1) is 6.20 Å². The fourth-order valence-electron chi connectivity index (χ4n) is 2.20. The van der Waals surface area contributed by atoms with Crippen LogP contribution in [0.3, 0.4) is 0 Å².